The average molecular weight is 266 g/mol. The molecular formula is C15H26N2O2. The Bertz CT molecular complexity index is 347. The predicted octanol–water partition coefficient (Wildman–Crippen LogP) is 2.03. The van der Waals surface area contributed by atoms with Crippen LogP contribution in [0.15, 0.2) is 0 Å². The van der Waals surface area contributed by atoms with Gasteiger partial charge in [-0.15, -0.1) is 0 Å². The van der Waals surface area contributed by atoms with E-state index in [0.29, 0.717) is 24.2 Å². The summed E-state index contributed by atoms with van der Waals surface area (Å²) in [6.45, 7) is 4.34. The summed E-state index contributed by atoms with van der Waals surface area (Å²) in [4.78, 5) is 14.8. The van der Waals surface area contributed by atoms with E-state index in [2.05, 4.69) is 24.1 Å². The molecule has 108 valence electrons. The highest BCUT2D eigenvalue weighted by atomic mass is 16.5. The summed E-state index contributed by atoms with van der Waals surface area (Å²) < 4.78 is 5.93. The third kappa shape index (κ3) is 2.29. The Morgan fingerprint density at radius 2 is 2.21 bits per heavy atom. The van der Waals surface area contributed by atoms with Gasteiger partial charge >= 0.3 is 0 Å². The molecule has 1 N–H and O–H groups in total. The van der Waals surface area contributed by atoms with Crippen LogP contribution in [0.4, 0.5) is 0 Å². The average Bonchev–Trinajstić information content (AvgIpc) is 3.10. The maximum atomic E-state index is 12.7. The van der Waals surface area contributed by atoms with Gasteiger partial charge in [-0.2, -0.15) is 0 Å². The molecule has 3 saturated heterocycles. The molecule has 0 saturated carbocycles. The number of hydrogen-bond donors (Lipinski definition) is 1. The van der Waals surface area contributed by atoms with Crippen molar-refractivity contribution in [2.24, 2.45) is 0 Å². The van der Waals surface area contributed by atoms with E-state index in [4.69, 9.17) is 4.74 Å². The molecule has 5 unspecified atom stereocenters. The van der Waals surface area contributed by atoms with Gasteiger partial charge in [0.05, 0.1) is 30.5 Å². The molecule has 0 radical (unpaired) electrons. The van der Waals surface area contributed by atoms with Crippen LogP contribution in [-0.4, -0.2) is 41.3 Å². The van der Waals surface area contributed by atoms with Gasteiger partial charge in [0.2, 0.25) is 5.91 Å². The van der Waals surface area contributed by atoms with Gasteiger partial charge in [0, 0.05) is 0 Å². The first-order valence-corrected chi connectivity index (χ1v) is 7.98. The fourth-order valence-electron chi connectivity index (χ4n) is 3.95. The molecule has 4 nitrogen and oxygen atoms in total. The number of amides is 1. The summed E-state index contributed by atoms with van der Waals surface area (Å²) in [5, 5.41) is 3.53. The molecule has 3 aliphatic rings. The molecule has 5 atom stereocenters. The molecule has 0 aromatic rings. The van der Waals surface area contributed by atoms with E-state index in [1.165, 1.54) is 6.42 Å². The second kappa shape index (κ2) is 5.41. The molecular weight excluding hydrogens is 240 g/mol. The Morgan fingerprint density at radius 3 is 2.79 bits per heavy atom. The van der Waals surface area contributed by atoms with Crippen molar-refractivity contribution in [2.75, 3.05) is 0 Å². The molecule has 3 heterocycles. The molecule has 3 rings (SSSR count). The molecule has 2 bridgehead atoms. The molecule has 0 aromatic carbocycles. The van der Waals surface area contributed by atoms with Gasteiger partial charge in [0.15, 0.2) is 0 Å². The van der Waals surface area contributed by atoms with Crippen molar-refractivity contribution < 1.29 is 9.53 Å². The number of carbonyl (C=O) groups excluding carboxylic acids is 1. The van der Waals surface area contributed by atoms with Crippen LogP contribution in [0, 0.1) is 0 Å². The van der Waals surface area contributed by atoms with Crippen molar-refractivity contribution in [3.8, 4) is 0 Å². The van der Waals surface area contributed by atoms with Crippen molar-refractivity contribution in [1.82, 2.24) is 10.2 Å². The van der Waals surface area contributed by atoms with E-state index in [1.807, 2.05) is 0 Å². The molecule has 4 heteroatoms. The summed E-state index contributed by atoms with van der Waals surface area (Å²) in [6, 6.07) is 0.374. The van der Waals surface area contributed by atoms with Gasteiger partial charge in [0.1, 0.15) is 0 Å². The SMILES string of the molecule is CCCCC1NC(CC)N(C2CC3CCC2O3)C1=O. The summed E-state index contributed by atoms with van der Waals surface area (Å²) in [5.41, 5.74) is 0. The van der Waals surface area contributed by atoms with E-state index >= 15 is 0 Å². The lowest BCUT2D eigenvalue weighted by molar-refractivity contribution is -0.133. The largest absolute Gasteiger partial charge is 0.373 e. The van der Waals surface area contributed by atoms with Crippen LogP contribution < -0.4 is 5.32 Å². The molecule has 0 aromatic heterocycles. The fourth-order valence-corrected chi connectivity index (χ4v) is 3.95. The van der Waals surface area contributed by atoms with Gasteiger partial charge in [-0.25, -0.2) is 0 Å². The van der Waals surface area contributed by atoms with Crippen molar-refractivity contribution in [2.45, 2.75) is 89.3 Å². The topological polar surface area (TPSA) is 41.6 Å². The molecule has 3 aliphatic heterocycles. The first-order chi connectivity index (χ1) is 9.24. The van der Waals surface area contributed by atoms with E-state index in [0.717, 1.165) is 38.5 Å². The number of hydrogen-bond acceptors (Lipinski definition) is 3. The first-order valence-electron chi connectivity index (χ1n) is 7.98. The Hall–Kier alpha value is -0.610. The summed E-state index contributed by atoms with van der Waals surface area (Å²) in [6.07, 6.45) is 8.55. The molecule has 19 heavy (non-hydrogen) atoms. The monoisotopic (exact) mass is 266 g/mol. The highest BCUT2D eigenvalue weighted by molar-refractivity contribution is 5.84. The highest BCUT2D eigenvalue weighted by Crippen LogP contribution is 2.39. The molecule has 3 fully saturated rings. The van der Waals surface area contributed by atoms with E-state index in [9.17, 15) is 4.79 Å². The van der Waals surface area contributed by atoms with Gasteiger partial charge in [0.25, 0.3) is 0 Å². The minimum Gasteiger partial charge on any atom is -0.373 e. The molecule has 0 spiro atoms. The minimum atomic E-state index is 0.0454. The number of nitrogens with zero attached hydrogens (tertiary/aromatic N) is 1. The zero-order valence-electron chi connectivity index (χ0n) is 12.1. The van der Waals surface area contributed by atoms with Crippen LogP contribution >= 0.6 is 0 Å². The fraction of sp³-hybridized carbons (Fsp3) is 0.933. The van der Waals surface area contributed by atoms with E-state index < -0.39 is 0 Å². The van der Waals surface area contributed by atoms with Crippen LogP contribution in [0.1, 0.15) is 58.8 Å². The summed E-state index contributed by atoms with van der Waals surface area (Å²) in [7, 11) is 0. The van der Waals surface area contributed by atoms with E-state index in [1.54, 1.807) is 0 Å². The van der Waals surface area contributed by atoms with Crippen LogP contribution in [0.2, 0.25) is 0 Å². The summed E-state index contributed by atoms with van der Waals surface area (Å²) >= 11 is 0. The van der Waals surface area contributed by atoms with E-state index in [-0.39, 0.29) is 12.2 Å². The predicted molar refractivity (Wildman–Crippen MR) is 73.7 cm³/mol. The minimum absolute atomic E-state index is 0.0454. The summed E-state index contributed by atoms with van der Waals surface area (Å²) in [5.74, 6) is 0.321. The second-order valence-electron chi connectivity index (χ2n) is 6.21. The maximum Gasteiger partial charge on any atom is 0.241 e. The highest BCUT2D eigenvalue weighted by Gasteiger charge is 2.50. The number of fused-ring (bicyclic) bond motifs is 2. The quantitative estimate of drug-likeness (QED) is 0.828. The normalized spacial score (nSPS) is 41.5. The zero-order chi connectivity index (χ0) is 13.4. The number of ether oxygens (including phenoxy) is 1. The van der Waals surface area contributed by atoms with Crippen molar-refractivity contribution in [1.29, 1.82) is 0 Å². The Morgan fingerprint density at radius 1 is 1.37 bits per heavy atom. The second-order valence-corrected chi connectivity index (χ2v) is 6.21. The van der Waals surface area contributed by atoms with Crippen LogP contribution in [-0.2, 0) is 9.53 Å². The van der Waals surface area contributed by atoms with Crippen LogP contribution in [0.3, 0.4) is 0 Å². The Kier molecular flexibility index (Phi) is 3.81. The van der Waals surface area contributed by atoms with Gasteiger partial charge in [-0.3, -0.25) is 10.1 Å². The smallest absolute Gasteiger partial charge is 0.241 e. The molecule has 1 amide bonds. The van der Waals surface area contributed by atoms with Crippen LogP contribution in [0.25, 0.3) is 0 Å². The van der Waals surface area contributed by atoms with Crippen molar-refractivity contribution >= 4 is 5.91 Å². The zero-order valence-corrected chi connectivity index (χ0v) is 12.1. The van der Waals surface area contributed by atoms with Gasteiger partial charge in [-0.1, -0.05) is 26.7 Å². The third-order valence-electron chi connectivity index (χ3n) is 4.95. The number of rotatable bonds is 5. The Labute approximate surface area is 115 Å². The standard InChI is InChI=1S/C15H26N2O2/c1-3-5-6-11-15(18)17(14(4-2)16-11)12-9-10-7-8-13(12)19-10/h10-14,16H,3-9H2,1-2H3. The molecule has 0 aliphatic carbocycles. The lowest BCUT2D eigenvalue weighted by Crippen LogP contribution is -2.48. The van der Waals surface area contributed by atoms with Crippen molar-refractivity contribution in [3.63, 3.8) is 0 Å². The third-order valence-corrected chi connectivity index (χ3v) is 4.95. The lowest BCUT2D eigenvalue weighted by Gasteiger charge is -2.33. The number of unbranched alkanes of at least 4 members (excludes halogenated alkanes) is 1. The number of carbonyl (C=O) groups is 1. The van der Waals surface area contributed by atoms with Gasteiger partial charge < -0.3 is 9.64 Å². The lowest BCUT2D eigenvalue weighted by atomic mass is 9.93. The maximum absolute atomic E-state index is 12.7. The van der Waals surface area contributed by atoms with Gasteiger partial charge in [-0.05, 0) is 32.1 Å². The first kappa shape index (κ1) is 13.4. The van der Waals surface area contributed by atoms with Crippen molar-refractivity contribution in [3.05, 3.63) is 0 Å². The Balaban J connectivity index is 1.70. The number of nitrogens with one attached hydrogen (secondary N) is 1. The van der Waals surface area contributed by atoms with Crippen LogP contribution in [0.5, 0.6) is 0 Å².